The molecule has 19 heavy (non-hydrogen) atoms. The van der Waals surface area contributed by atoms with Crippen LogP contribution >= 0.6 is 11.8 Å². The number of carbonyl (C=O) groups excluding carboxylic acids is 1. The molecule has 0 aliphatic heterocycles. The Morgan fingerprint density at radius 3 is 2.79 bits per heavy atom. The minimum Gasteiger partial charge on any atom is -0.396 e. The Labute approximate surface area is 119 Å². The molecule has 0 unspecified atom stereocenters. The van der Waals surface area contributed by atoms with Crippen molar-refractivity contribution in [2.75, 3.05) is 18.2 Å². The summed E-state index contributed by atoms with van der Waals surface area (Å²) in [6.07, 6.45) is 2.05. The highest BCUT2D eigenvalue weighted by Gasteiger charge is 2.13. The van der Waals surface area contributed by atoms with Crippen LogP contribution in [-0.4, -0.2) is 30.0 Å². The molecule has 4 nitrogen and oxygen atoms in total. The fourth-order valence-electron chi connectivity index (χ4n) is 1.58. The topological polar surface area (TPSA) is 61.4 Å². The predicted molar refractivity (Wildman–Crippen MR) is 81.5 cm³/mol. The summed E-state index contributed by atoms with van der Waals surface area (Å²) in [5.74, 6) is 0.961. The molecule has 0 saturated heterocycles. The molecule has 1 rings (SSSR count). The Morgan fingerprint density at radius 1 is 1.42 bits per heavy atom. The number of aliphatic hydroxyl groups excluding tert-OH is 1. The van der Waals surface area contributed by atoms with Crippen LogP contribution < -0.4 is 10.6 Å². The lowest BCUT2D eigenvalue weighted by Crippen LogP contribution is -2.40. The second kappa shape index (κ2) is 8.07. The van der Waals surface area contributed by atoms with E-state index in [4.69, 9.17) is 5.11 Å². The van der Waals surface area contributed by atoms with Gasteiger partial charge >= 0.3 is 6.03 Å². The molecule has 1 aromatic carbocycles. The van der Waals surface area contributed by atoms with Gasteiger partial charge in [-0.15, -0.1) is 0 Å². The molecule has 3 N–H and O–H groups in total. The summed E-state index contributed by atoms with van der Waals surface area (Å²) in [5, 5.41) is 14.7. The van der Waals surface area contributed by atoms with Crippen molar-refractivity contribution in [1.29, 1.82) is 0 Å². The number of urea groups is 1. The highest BCUT2D eigenvalue weighted by Crippen LogP contribution is 2.15. The molecule has 0 radical (unpaired) electrons. The zero-order chi connectivity index (χ0) is 14.3. The quantitative estimate of drug-likeness (QED) is 0.752. The molecule has 0 spiro atoms. The van der Waals surface area contributed by atoms with Gasteiger partial charge in [-0.1, -0.05) is 19.1 Å². The Kier molecular flexibility index (Phi) is 6.73. The van der Waals surface area contributed by atoms with E-state index in [0.717, 1.165) is 11.4 Å². The molecule has 0 saturated carbocycles. The van der Waals surface area contributed by atoms with Gasteiger partial charge in [0.2, 0.25) is 0 Å². The Balaban J connectivity index is 2.54. The normalized spacial score (nSPS) is 13.7. The van der Waals surface area contributed by atoms with Crippen molar-refractivity contribution in [2.45, 2.75) is 25.6 Å². The van der Waals surface area contributed by atoms with Crippen LogP contribution in [0, 0.1) is 5.92 Å². The molecule has 1 aromatic rings. The molecule has 0 aromatic heterocycles. The molecule has 2 amide bonds. The first-order chi connectivity index (χ1) is 9.06. The first kappa shape index (κ1) is 15.9. The van der Waals surface area contributed by atoms with E-state index in [0.29, 0.717) is 0 Å². The van der Waals surface area contributed by atoms with E-state index in [1.807, 2.05) is 44.4 Å². The second-order valence-electron chi connectivity index (χ2n) is 4.68. The maximum absolute atomic E-state index is 11.8. The van der Waals surface area contributed by atoms with Gasteiger partial charge in [0.1, 0.15) is 0 Å². The number of hydrogen-bond acceptors (Lipinski definition) is 3. The van der Waals surface area contributed by atoms with Gasteiger partial charge in [-0.05, 0) is 36.8 Å². The van der Waals surface area contributed by atoms with Crippen molar-refractivity contribution in [3.05, 3.63) is 29.8 Å². The van der Waals surface area contributed by atoms with E-state index < -0.39 is 0 Å². The van der Waals surface area contributed by atoms with Gasteiger partial charge in [0.25, 0.3) is 0 Å². The van der Waals surface area contributed by atoms with Gasteiger partial charge in [0.05, 0.1) is 0 Å². The van der Waals surface area contributed by atoms with Crippen LogP contribution in [0.3, 0.4) is 0 Å². The molecule has 0 aliphatic carbocycles. The SMILES string of the molecule is CSCc1cccc(NC(=O)N[C@@H](C)[C@H](C)CO)c1. The van der Waals surface area contributed by atoms with Crippen molar-refractivity contribution < 1.29 is 9.90 Å². The van der Waals surface area contributed by atoms with Gasteiger partial charge in [0, 0.05) is 24.1 Å². The molecule has 5 heteroatoms. The lowest BCUT2D eigenvalue weighted by Gasteiger charge is -2.19. The molecule has 106 valence electrons. The largest absolute Gasteiger partial charge is 0.396 e. The van der Waals surface area contributed by atoms with Crippen LogP contribution in [0.25, 0.3) is 0 Å². The summed E-state index contributed by atoms with van der Waals surface area (Å²) in [5.41, 5.74) is 1.97. The fourth-order valence-corrected chi connectivity index (χ4v) is 2.09. The van der Waals surface area contributed by atoms with Crippen LogP contribution in [0.5, 0.6) is 0 Å². The zero-order valence-electron chi connectivity index (χ0n) is 11.6. The number of amides is 2. The standard InChI is InChI=1S/C14H22N2O2S/c1-10(8-17)11(2)15-14(18)16-13-6-4-5-12(7-13)9-19-3/h4-7,10-11,17H,8-9H2,1-3H3,(H2,15,16,18)/t10-,11+/m1/s1. The minimum absolute atomic E-state index is 0.0357. The van der Waals surface area contributed by atoms with Crippen LogP contribution in [0.15, 0.2) is 24.3 Å². The van der Waals surface area contributed by atoms with Crippen LogP contribution in [-0.2, 0) is 5.75 Å². The van der Waals surface area contributed by atoms with E-state index in [9.17, 15) is 4.79 Å². The number of benzene rings is 1. The van der Waals surface area contributed by atoms with Gasteiger partial charge in [-0.25, -0.2) is 4.79 Å². The van der Waals surface area contributed by atoms with Crippen LogP contribution in [0.2, 0.25) is 0 Å². The third-order valence-electron chi connectivity index (χ3n) is 3.00. The summed E-state index contributed by atoms with van der Waals surface area (Å²) in [6, 6.07) is 7.49. The molecular weight excluding hydrogens is 260 g/mol. The van der Waals surface area contributed by atoms with Crippen molar-refractivity contribution in [2.24, 2.45) is 5.92 Å². The lowest BCUT2D eigenvalue weighted by molar-refractivity contribution is 0.204. The maximum Gasteiger partial charge on any atom is 0.319 e. The third-order valence-corrected chi connectivity index (χ3v) is 3.62. The summed E-state index contributed by atoms with van der Waals surface area (Å²) < 4.78 is 0. The average Bonchev–Trinajstić information content (AvgIpc) is 2.38. The van der Waals surface area contributed by atoms with Gasteiger partial charge < -0.3 is 15.7 Å². The van der Waals surface area contributed by atoms with Gasteiger partial charge in [-0.2, -0.15) is 11.8 Å². The number of thioether (sulfide) groups is 1. The van der Waals surface area contributed by atoms with Crippen LogP contribution in [0.1, 0.15) is 19.4 Å². The van der Waals surface area contributed by atoms with Crippen molar-refractivity contribution in [1.82, 2.24) is 5.32 Å². The Morgan fingerprint density at radius 2 is 2.16 bits per heavy atom. The number of aliphatic hydroxyl groups is 1. The van der Waals surface area contributed by atoms with Crippen molar-refractivity contribution in [3.63, 3.8) is 0 Å². The lowest BCUT2D eigenvalue weighted by atomic mass is 10.1. The first-order valence-corrected chi connectivity index (χ1v) is 7.72. The van der Waals surface area contributed by atoms with E-state index in [-0.39, 0.29) is 24.6 Å². The molecular formula is C14H22N2O2S. The summed E-state index contributed by atoms with van der Waals surface area (Å²) in [4.78, 5) is 11.8. The number of rotatable bonds is 6. The monoisotopic (exact) mass is 282 g/mol. The number of anilines is 1. The molecule has 0 heterocycles. The van der Waals surface area contributed by atoms with Crippen LogP contribution in [0.4, 0.5) is 10.5 Å². The molecule has 0 fully saturated rings. The summed E-state index contributed by atoms with van der Waals surface area (Å²) >= 11 is 1.74. The highest BCUT2D eigenvalue weighted by atomic mass is 32.2. The number of hydrogen-bond donors (Lipinski definition) is 3. The van der Waals surface area contributed by atoms with Crippen molar-refractivity contribution in [3.8, 4) is 0 Å². The average molecular weight is 282 g/mol. The minimum atomic E-state index is -0.242. The van der Waals surface area contributed by atoms with Gasteiger partial charge in [0.15, 0.2) is 0 Å². The van der Waals surface area contributed by atoms with E-state index in [1.54, 1.807) is 11.8 Å². The summed E-state index contributed by atoms with van der Waals surface area (Å²) in [6.45, 7) is 3.83. The van der Waals surface area contributed by atoms with Gasteiger partial charge in [-0.3, -0.25) is 0 Å². The van der Waals surface area contributed by atoms with E-state index in [2.05, 4.69) is 10.6 Å². The smallest absolute Gasteiger partial charge is 0.319 e. The fraction of sp³-hybridized carbons (Fsp3) is 0.500. The molecule has 0 bridgehead atoms. The highest BCUT2D eigenvalue weighted by molar-refractivity contribution is 7.97. The molecule has 0 aliphatic rings. The Hall–Kier alpha value is -1.20. The third kappa shape index (κ3) is 5.53. The number of nitrogens with one attached hydrogen (secondary N) is 2. The number of carbonyl (C=O) groups is 1. The zero-order valence-corrected chi connectivity index (χ0v) is 12.5. The predicted octanol–water partition coefficient (Wildman–Crippen LogP) is 2.69. The van der Waals surface area contributed by atoms with Crippen molar-refractivity contribution >= 4 is 23.5 Å². The van der Waals surface area contributed by atoms with E-state index in [1.165, 1.54) is 5.56 Å². The summed E-state index contributed by atoms with van der Waals surface area (Å²) in [7, 11) is 0. The maximum atomic E-state index is 11.8. The second-order valence-corrected chi connectivity index (χ2v) is 5.55. The Bertz CT molecular complexity index is 412. The first-order valence-electron chi connectivity index (χ1n) is 6.33. The molecule has 2 atom stereocenters. The van der Waals surface area contributed by atoms with E-state index >= 15 is 0 Å².